The van der Waals surface area contributed by atoms with E-state index in [2.05, 4.69) is 27.4 Å². The van der Waals surface area contributed by atoms with E-state index in [0.29, 0.717) is 40.1 Å². The van der Waals surface area contributed by atoms with Crippen molar-refractivity contribution in [3.05, 3.63) is 41.4 Å². The Kier molecular flexibility index (Phi) is 6.90. The lowest BCUT2D eigenvalue weighted by molar-refractivity contribution is -0.489. The lowest BCUT2D eigenvalue weighted by atomic mass is 9.44. The predicted octanol–water partition coefficient (Wildman–Crippen LogP) is 8.28. The molecule has 1 heterocycles. The molecule has 4 aliphatic carbocycles. The lowest BCUT2D eigenvalue weighted by Crippen LogP contribution is -2.58. The molecule has 6 rings (SSSR count). The van der Waals surface area contributed by atoms with Crippen molar-refractivity contribution >= 4 is 23.0 Å². The highest BCUT2D eigenvalue weighted by atomic mass is 35.5. The first-order valence-electron chi connectivity index (χ1n) is 15.0. The highest BCUT2D eigenvalue weighted by Gasteiger charge is 2.63. The van der Waals surface area contributed by atoms with Gasteiger partial charge in [0, 0.05) is 23.8 Å². The number of fused-ring (bicyclic) bond motifs is 5. The zero-order valence-electron chi connectivity index (χ0n) is 23.6. The number of benzene rings is 1. The van der Waals surface area contributed by atoms with Gasteiger partial charge in [0.2, 0.25) is 5.79 Å². The first-order valence-corrected chi connectivity index (χ1v) is 15.4. The fraction of sp³-hybridized carbons (Fsp3) is 0.727. The van der Waals surface area contributed by atoms with Gasteiger partial charge in [0.15, 0.2) is 0 Å². The number of Topliss-reactive ketones (excluding diaryl/α,β-unsaturated/α-hetero) is 1. The van der Waals surface area contributed by atoms with E-state index < -0.39 is 5.79 Å². The second-order valence-corrected chi connectivity index (χ2v) is 14.3. The number of hydrogen-bond donors (Lipinski definition) is 0. The number of hydrogen-bond acceptors (Lipinski definition) is 4. The van der Waals surface area contributed by atoms with E-state index in [0.717, 1.165) is 48.2 Å². The van der Waals surface area contributed by atoms with Crippen molar-refractivity contribution in [1.82, 2.24) is 0 Å². The van der Waals surface area contributed by atoms with Gasteiger partial charge in [-0.3, -0.25) is 4.79 Å². The van der Waals surface area contributed by atoms with E-state index in [4.69, 9.17) is 26.1 Å². The summed E-state index contributed by atoms with van der Waals surface area (Å²) in [5, 5.41) is 0.707. The molecule has 7 unspecified atom stereocenters. The fourth-order valence-corrected chi connectivity index (χ4v) is 10.1. The number of carbonyl (C=O) groups is 1. The summed E-state index contributed by atoms with van der Waals surface area (Å²) in [6.45, 7) is 13.8. The average Bonchev–Trinajstić information content (AvgIpc) is 3.26. The maximum absolute atomic E-state index is 12.3. The van der Waals surface area contributed by atoms with Crippen molar-refractivity contribution < 1.29 is 19.3 Å². The van der Waals surface area contributed by atoms with Gasteiger partial charge in [-0.25, -0.2) is 9.78 Å². The molecule has 1 saturated heterocycles. The smallest absolute Gasteiger partial charge is 0.202 e. The Morgan fingerprint density at radius 1 is 1.00 bits per heavy atom. The van der Waals surface area contributed by atoms with Gasteiger partial charge in [-0.1, -0.05) is 51.1 Å². The van der Waals surface area contributed by atoms with E-state index in [1.807, 2.05) is 24.3 Å². The molecule has 5 fully saturated rings. The molecule has 0 radical (unpaired) electrons. The van der Waals surface area contributed by atoms with Crippen LogP contribution in [0.5, 0.6) is 0 Å². The lowest BCUT2D eigenvalue weighted by Gasteiger charge is -2.62. The van der Waals surface area contributed by atoms with E-state index in [-0.39, 0.29) is 12.0 Å². The summed E-state index contributed by atoms with van der Waals surface area (Å²) in [6.07, 6.45) is 10.3. The third kappa shape index (κ3) is 4.24. The van der Waals surface area contributed by atoms with Crippen LogP contribution in [0.15, 0.2) is 30.8 Å². The minimum Gasteiger partial charge on any atom is -0.344 e. The van der Waals surface area contributed by atoms with Crippen LogP contribution in [0.3, 0.4) is 0 Å². The average molecular weight is 541 g/mol. The van der Waals surface area contributed by atoms with Gasteiger partial charge < -0.3 is 4.74 Å². The van der Waals surface area contributed by atoms with Gasteiger partial charge in [0.1, 0.15) is 11.9 Å². The third-order valence-corrected chi connectivity index (χ3v) is 12.7. The Morgan fingerprint density at radius 3 is 2.42 bits per heavy atom. The maximum Gasteiger partial charge on any atom is 0.202 e. The fourth-order valence-electron chi connectivity index (χ4n) is 9.98. The Balaban J connectivity index is 1.12. The molecule has 0 aromatic heterocycles. The van der Waals surface area contributed by atoms with Gasteiger partial charge in [-0.05, 0) is 116 Å². The molecule has 1 aliphatic heterocycles. The summed E-state index contributed by atoms with van der Waals surface area (Å²) in [5.41, 5.74) is 2.51. The first kappa shape index (κ1) is 27.0. The Morgan fingerprint density at radius 2 is 1.74 bits per heavy atom. The summed E-state index contributed by atoms with van der Waals surface area (Å²) < 4.78 is 6.50. The van der Waals surface area contributed by atoms with Crippen LogP contribution < -0.4 is 0 Å². The summed E-state index contributed by atoms with van der Waals surface area (Å²) in [4.78, 5) is 24.4. The molecule has 1 spiro atoms. The molecule has 1 aromatic carbocycles. The van der Waals surface area contributed by atoms with Crippen LogP contribution >= 0.6 is 11.6 Å². The molecule has 0 N–H and O–H groups in total. The first-order chi connectivity index (χ1) is 18.1. The number of halogens is 1. The third-order valence-electron chi connectivity index (χ3n) is 12.4. The van der Waals surface area contributed by atoms with Gasteiger partial charge in [-0.2, -0.15) is 0 Å². The number of carbonyl (C=O) groups excluding carboxylic acids is 1. The van der Waals surface area contributed by atoms with Crippen LogP contribution in [-0.2, 0) is 19.3 Å². The molecule has 10 atom stereocenters. The monoisotopic (exact) mass is 540 g/mol. The number of ether oxygens (including phenoxy) is 1. The Hall–Kier alpha value is -1.20. The van der Waals surface area contributed by atoms with Crippen molar-refractivity contribution in [2.45, 2.75) is 97.4 Å². The van der Waals surface area contributed by atoms with Crippen molar-refractivity contribution in [3.8, 4) is 0 Å². The zero-order chi connectivity index (χ0) is 26.9. The topological polar surface area (TPSA) is 44.8 Å². The second kappa shape index (κ2) is 9.72. The van der Waals surface area contributed by atoms with Gasteiger partial charge in [0.25, 0.3) is 0 Å². The van der Waals surface area contributed by atoms with Crippen molar-refractivity contribution in [1.29, 1.82) is 0 Å². The van der Waals surface area contributed by atoms with Crippen LogP contribution in [-0.4, -0.2) is 24.3 Å². The van der Waals surface area contributed by atoms with Crippen molar-refractivity contribution in [2.75, 3.05) is 6.61 Å². The molecule has 5 heteroatoms. The molecular formula is C33H45ClO4. The molecule has 5 aliphatic rings. The Bertz CT molecular complexity index is 1070. The summed E-state index contributed by atoms with van der Waals surface area (Å²) in [7, 11) is 0. The highest BCUT2D eigenvalue weighted by Crippen LogP contribution is 2.69. The molecule has 4 saturated carbocycles. The molecule has 38 heavy (non-hydrogen) atoms. The van der Waals surface area contributed by atoms with Crippen molar-refractivity contribution in [2.24, 2.45) is 46.3 Å². The van der Waals surface area contributed by atoms with Crippen molar-refractivity contribution in [3.63, 3.8) is 0 Å². The molecule has 208 valence electrons. The van der Waals surface area contributed by atoms with E-state index in [1.165, 1.54) is 38.5 Å². The Labute approximate surface area is 233 Å². The van der Waals surface area contributed by atoms with Crippen LogP contribution in [0.2, 0.25) is 5.02 Å². The largest absolute Gasteiger partial charge is 0.344 e. The summed E-state index contributed by atoms with van der Waals surface area (Å²) in [5.74, 6) is 3.43. The van der Waals surface area contributed by atoms with E-state index >= 15 is 0 Å². The highest BCUT2D eigenvalue weighted by molar-refractivity contribution is 6.30. The quantitative estimate of drug-likeness (QED) is 0.360. The second-order valence-electron chi connectivity index (χ2n) is 13.9. The van der Waals surface area contributed by atoms with Gasteiger partial charge in [-0.15, -0.1) is 0 Å². The maximum atomic E-state index is 12.3. The van der Waals surface area contributed by atoms with Gasteiger partial charge in [0.05, 0.1) is 6.61 Å². The van der Waals surface area contributed by atoms with Gasteiger partial charge >= 0.3 is 0 Å². The summed E-state index contributed by atoms with van der Waals surface area (Å²) in [6, 6.07) is 7.67. The molecule has 0 bridgehead atoms. The van der Waals surface area contributed by atoms with Crippen LogP contribution in [0.1, 0.15) is 91.0 Å². The molecule has 1 aromatic rings. The van der Waals surface area contributed by atoms with E-state index in [9.17, 15) is 4.79 Å². The molecule has 4 nitrogen and oxygen atoms in total. The van der Waals surface area contributed by atoms with Crippen LogP contribution in [0.4, 0.5) is 0 Å². The number of ketones is 1. The SMILES string of the molecule is C=C(c1ccc(Cl)cc1)C1COC2(CC[C@]3(C)C4CC[C@]5(C)C(C(C)C(C)=O)CCC5C4CC[C@@H]3C2)OO1. The summed E-state index contributed by atoms with van der Waals surface area (Å²) >= 11 is 6.05. The minimum absolute atomic E-state index is 0.197. The zero-order valence-corrected chi connectivity index (χ0v) is 24.4. The van der Waals surface area contributed by atoms with Crippen LogP contribution in [0.25, 0.3) is 5.57 Å². The normalized spacial score (nSPS) is 45.1. The standard InChI is InChI=1S/C33H45ClO4/c1-20(22(3)35)27-12-13-28-26-11-8-24-18-33(17-16-31(24,4)29(26)14-15-32(27,28)5)36-19-30(37-38-33)21(2)23-6-9-25(34)10-7-23/h6-7,9-10,20,24,26-30H,2,8,11-19H2,1,3-5H3/t20?,24-,26?,27?,28?,29?,30?,31+,32-,33?/m1/s1. The minimum atomic E-state index is -0.633. The predicted molar refractivity (Wildman–Crippen MR) is 150 cm³/mol. The van der Waals surface area contributed by atoms with Crippen LogP contribution in [0, 0.1) is 46.3 Å². The number of rotatable bonds is 4. The molecule has 0 amide bonds. The molecular weight excluding hydrogens is 496 g/mol. The van der Waals surface area contributed by atoms with E-state index in [1.54, 1.807) is 6.92 Å².